The summed E-state index contributed by atoms with van der Waals surface area (Å²) in [6.07, 6.45) is 0. The van der Waals surface area contributed by atoms with Crippen LogP contribution in [-0.2, 0) is 24.8 Å². The second-order valence-corrected chi connectivity index (χ2v) is 18.3. The summed E-state index contributed by atoms with van der Waals surface area (Å²) in [4.78, 5) is 8.77. The summed E-state index contributed by atoms with van der Waals surface area (Å²) in [5.41, 5.74) is 9.85. The van der Waals surface area contributed by atoms with E-state index in [1.807, 2.05) is 126 Å². The van der Waals surface area contributed by atoms with E-state index in [0.29, 0.717) is 28.6 Å². The van der Waals surface area contributed by atoms with Crippen molar-refractivity contribution in [2.24, 2.45) is 0 Å². The monoisotopic (exact) mass is 1050 g/mol. The summed E-state index contributed by atoms with van der Waals surface area (Å²) < 4.78 is 81.3. The second-order valence-electron chi connectivity index (χ2n) is 17.3. The van der Waals surface area contributed by atoms with Crippen molar-refractivity contribution in [1.82, 2.24) is 14.1 Å². The van der Waals surface area contributed by atoms with Gasteiger partial charge in [0.15, 0.2) is 0 Å². The summed E-state index contributed by atoms with van der Waals surface area (Å²) in [7, 11) is 0. The zero-order chi connectivity index (χ0) is 52.5. The third-order valence-corrected chi connectivity index (χ3v) is 13.0. The van der Waals surface area contributed by atoms with Crippen LogP contribution in [0, 0.1) is 22.8 Å². The number of aryl methyl sites for hydroxylation is 1. The minimum atomic E-state index is -2.38. The van der Waals surface area contributed by atoms with Gasteiger partial charge in [0, 0.05) is 5.69 Å². The van der Waals surface area contributed by atoms with Crippen LogP contribution in [0.5, 0.6) is 11.6 Å². The van der Waals surface area contributed by atoms with Crippen LogP contribution in [0.2, 0.25) is 0 Å². The van der Waals surface area contributed by atoms with Crippen LogP contribution in [0.25, 0.3) is 44.7 Å². The van der Waals surface area contributed by atoms with Gasteiger partial charge in [-0.2, -0.15) is 12.1 Å². The van der Waals surface area contributed by atoms with Crippen molar-refractivity contribution in [1.29, 1.82) is 0 Å². The number of fused-ring (bicyclic) bond motifs is 2. The molecular weight excluding hydrogens is 1000 g/mol. The molecule has 0 saturated carbocycles. The van der Waals surface area contributed by atoms with E-state index in [1.165, 1.54) is 0 Å². The fraction of sp³-hybridized carbons (Fsp3) is 0.0847. The Hall–Kier alpha value is -7.47. The molecule has 2 aromatic heterocycles. The molecule has 6 nitrogen and oxygen atoms in total. The molecule has 1 aliphatic rings. The Labute approximate surface area is 414 Å². The summed E-state index contributed by atoms with van der Waals surface area (Å²) >= 11 is 2.35. The molecular formula is C59H46BN5OPt-2. The molecule has 0 amide bonds. The average Bonchev–Trinajstić information content (AvgIpc) is 3.91. The van der Waals surface area contributed by atoms with Gasteiger partial charge in [-0.25, -0.2) is 0 Å². The zero-order valence-electron chi connectivity index (χ0n) is 44.8. The van der Waals surface area contributed by atoms with E-state index in [2.05, 4.69) is 97.8 Å². The smallest absolute Gasteiger partial charge is 0.175 e. The fourth-order valence-electron chi connectivity index (χ4n) is 8.92. The van der Waals surface area contributed by atoms with E-state index in [1.54, 1.807) is 23.0 Å². The quantitative estimate of drug-likeness (QED) is 0.107. The summed E-state index contributed by atoms with van der Waals surface area (Å²) in [5.74, 6) is 1.11. The van der Waals surface area contributed by atoms with E-state index >= 15 is 0 Å². The van der Waals surface area contributed by atoms with Gasteiger partial charge in [0.2, 0.25) is 0 Å². The summed E-state index contributed by atoms with van der Waals surface area (Å²) in [5, 5.41) is 0. The molecule has 0 saturated heterocycles. The van der Waals surface area contributed by atoms with Gasteiger partial charge in [0.25, 0.3) is 0 Å². The Balaban J connectivity index is 1.03. The number of hydrogen-bond donors (Lipinski definition) is 0. The Morgan fingerprint density at radius 3 is 2.06 bits per heavy atom. The van der Waals surface area contributed by atoms with Gasteiger partial charge in [0.05, 0.1) is 6.85 Å². The normalized spacial score (nSPS) is 14.4. The van der Waals surface area contributed by atoms with E-state index in [9.17, 15) is 0 Å². The molecule has 3 heterocycles. The summed E-state index contributed by atoms with van der Waals surface area (Å²) in [6, 6.07) is 61.0. The van der Waals surface area contributed by atoms with E-state index in [0.717, 1.165) is 53.8 Å². The van der Waals surface area contributed by atoms with Crippen molar-refractivity contribution in [2.75, 3.05) is 9.62 Å². The number of benzene rings is 8. The van der Waals surface area contributed by atoms with Crippen molar-refractivity contribution in [3.8, 4) is 45.3 Å². The van der Waals surface area contributed by atoms with Crippen LogP contribution in [0.4, 0.5) is 22.9 Å². The second kappa shape index (κ2) is 17.4. The molecule has 0 radical (unpaired) electrons. The van der Waals surface area contributed by atoms with E-state index in [-0.39, 0.29) is 34.6 Å². The molecule has 1 aliphatic heterocycles. The molecule has 0 fully saturated rings. The van der Waals surface area contributed by atoms with E-state index < -0.39 is 32.0 Å². The van der Waals surface area contributed by atoms with Gasteiger partial charge < -0.3 is 0 Å². The average molecular weight is 1050 g/mol. The first-order valence-electron chi connectivity index (χ1n) is 25.9. The third-order valence-electron chi connectivity index (χ3n) is 12.0. The van der Waals surface area contributed by atoms with Gasteiger partial charge in [-0.3, -0.25) is 0 Å². The van der Waals surface area contributed by atoms with Gasteiger partial charge in [-0.15, -0.1) is 6.07 Å². The molecule has 67 heavy (non-hydrogen) atoms. The van der Waals surface area contributed by atoms with Crippen molar-refractivity contribution in [3.63, 3.8) is 0 Å². The molecule has 0 bridgehead atoms. The fourth-order valence-corrected chi connectivity index (χ4v) is 9.99. The van der Waals surface area contributed by atoms with Crippen LogP contribution in [0.15, 0.2) is 206 Å². The van der Waals surface area contributed by atoms with Crippen LogP contribution < -0.4 is 19.8 Å². The predicted molar refractivity (Wildman–Crippen MR) is 271 cm³/mol. The first-order chi connectivity index (χ1) is 36.0. The molecule has 0 aliphatic carbocycles. The Kier molecular flexibility index (Phi) is 8.81. The molecule has 328 valence electrons. The number of para-hydroxylation sites is 4. The van der Waals surface area contributed by atoms with Crippen molar-refractivity contribution in [2.45, 2.75) is 33.0 Å². The first-order valence-corrected chi connectivity index (χ1v) is 23.0. The first kappa shape index (κ1) is 33.9. The van der Waals surface area contributed by atoms with Gasteiger partial charge in [0.1, 0.15) is 0 Å². The molecule has 0 spiro atoms. The number of anilines is 4. The molecule has 0 atom stereocenters. The van der Waals surface area contributed by atoms with E-state index in [4.69, 9.17) is 20.7 Å². The zero-order valence-corrected chi connectivity index (χ0v) is 39.1. The number of nitrogens with zero attached hydrogens (tertiary/aromatic N) is 5. The molecule has 8 heteroatoms. The standard InChI is InChI=1S/C59H46BN5O.Pt/c1-42-38-50(43-20-8-5-9-21-43)58(51(39-42)44-34-36-45(37-35-44)59(2,3)4)63-41-62(52-28-14-15-29-53(52)63)48-26-18-27-49(40-48)66-57-33-19-32-56(61-57)65-55-31-17-16-30-54(55)64(47-24-12-7-13-25-47)60(65)46-22-10-6-11-23-46;/h5-30,32-39H,1-4H3;/q-2;/i1D3,7D,12D,13D,24D,25D;. The molecule has 11 rings (SSSR count). The minimum absolute atomic E-state index is 0.0282. The SMILES string of the molecule is [2H]c1c([2H])c([2H])c(N2B(c3ccccc3)N(c3cccc(Oc4[c-]c(-n5[c](=[Pt])n(-c6c(-c7ccccc7)cc(C([2H])([2H])[2H])cc6-c6ccc(C(C)(C)C)cc6)c6ccccc65)ccc4)n3)c3[c-]cccc32)c([2H])c1[2H]. The number of aromatic nitrogens is 3. The van der Waals surface area contributed by atoms with Gasteiger partial charge in [-0.1, -0.05) is 48.5 Å². The van der Waals surface area contributed by atoms with Crippen molar-refractivity contribution >= 4 is 46.4 Å². The number of imidazole rings is 1. The van der Waals surface area contributed by atoms with Crippen molar-refractivity contribution in [3.05, 3.63) is 233 Å². The Bertz CT molecular complexity index is 3870. The molecule has 0 N–H and O–H groups in total. The number of ether oxygens (including phenoxy) is 1. The maximum absolute atomic E-state index is 9.04. The summed E-state index contributed by atoms with van der Waals surface area (Å²) in [6.45, 7) is 3.40. The molecule has 0 unspecified atom stereocenters. The van der Waals surface area contributed by atoms with Gasteiger partial charge >= 0.3 is 325 Å². The van der Waals surface area contributed by atoms with Gasteiger partial charge in [-0.05, 0) is 12.1 Å². The Morgan fingerprint density at radius 1 is 0.672 bits per heavy atom. The Morgan fingerprint density at radius 2 is 1.34 bits per heavy atom. The number of rotatable bonds is 9. The van der Waals surface area contributed by atoms with Crippen LogP contribution in [0.1, 0.15) is 42.9 Å². The van der Waals surface area contributed by atoms with Crippen molar-refractivity contribution < 1.29 is 35.1 Å². The minimum Gasteiger partial charge on any atom is -0.175 e. The van der Waals surface area contributed by atoms with Crippen LogP contribution >= 0.6 is 0 Å². The topological polar surface area (TPSA) is 38.5 Å². The van der Waals surface area contributed by atoms with Crippen LogP contribution in [0.3, 0.4) is 0 Å². The van der Waals surface area contributed by atoms with Crippen LogP contribution in [-0.4, -0.2) is 21.1 Å². The maximum atomic E-state index is 9.04. The predicted octanol–water partition coefficient (Wildman–Crippen LogP) is 13.9. The number of hydrogen-bond acceptors (Lipinski definition) is 4. The molecule has 10 aromatic rings. The molecule has 8 aromatic carbocycles. The third kappa shape index (κ3) is 7.83. The number of pyridine rings is 1.